The van der Waals surface area contributed by atoms with Gasteiger partial charge < -0.3 is 4.74 Å². The second kappa shape index (κ2) is 4.66. The summed E-state index contributed by atoms with van der Waals surface area (Å²) < 4.78 is 44.2. The van der Waals surface area contributed by atoms with E-state index in [4.69, 9.17) is 4.74 Å². The molecule has 0 aromatic heterocycles. The van der Waals surface area contributed by atoms with Crippen molar-refractivity contribution in [3.8, 4) is 5.75 Å². The number of hydrogen-bond donors (Lipinski definition) is 0. The number of nitro benzene ring substituents is 1. The number of fused-ring (bicyclic) bond motifs is 1. The third-order valence-corrected chi connectivity index (χ3v) is 3.10. The molecular formula is C13H10F3NO3. The molecule has 0 bridgehead atoms. The summed E-state index contributed by atoms with van der Waals surface area (Å²) in [5.74, 6) is -0.307. The molecule has 2 aromatic carbocycles. The lowest BCUT2D eigenvalue weighted by molar-refractivity contribution is -0.385. The molecule has 0 spiro atoms. The van der Waals surface area contributed by atoms with Gasteiger partial charge in [0.25, 0.3) is 5.69 Å². The molecule has 0 saturated carbocycles. The number of nitro groups is 1. The number of alkyl halides is 3. The molecule has 0 unspecified atom stereocenters. The van der Waals surface area contributed by atoms with Crippen molar-refractivity contribution in [3.63, 3.8) is 0 Å². The van der Waals surface area contributed by atoms with Gasteiger partial charge >= 0.3 is 6.18 Å². The fourth-order valence-electron chi connectivity index (χ4n) is 2.19. The van der Waals surface area contributed by atoms with Gasteiger partial charge in [-0.15, -0.1) is 0 Å². The Kier molecular flexibility index (Phi) is 3.29. The molecule has 20 heavy (non-hydrogen) atoms. The van der Waals surface area contributed by atoms with Gasteiger partial charge in [-0.1, -0.05) is 6.07 Å². The maximum Gasteiger partial charge on any atom is 0.420 e. The minimum absolute atomic E-state index is 0.111. The van der Waals surface area contributed by atoms with Crippen LogP contribution in [0.15, 0.2) is 24.3 Å². The average molecular weight is 285 g/mol. The minimum atomic E-state index is -4.60. The molecule has 2 rings (SSSR count). The number of aryl methyl sites for hydroxylation is 1. The Hall–Kier alpha value is -2.31. The monoisotopic (exact) mass is 285 g/mol. The van der Waals surface area contributed by atoms with E-state index in [2.05, 4.69) is 0 Å². The molecule has 0 saturated heterocycles. The van der Waals surface area contributed by atoms with E-state index in [1.165, 1.54) is 19.1 Å². The molecule has 0 fully saturated rings. The van der Waals surface area contributed by atoms with Gasteiger partial charge in [0.2, 0.25) is 0 Å². The summed E-state index contributed by atoms with van der Waals surface area (Å²) in [5.41, 5.74) is -0.938. The van der Waals surface area contributed by atoms with Crippen molar-refractivity contribution in [1.82, 2.24) is 0 Å². The zero-order chi connectivity index (χ0) is 15.1. The SMILES string of the molecule is COc1ccc2c(C)c([N+](=O)[O-])ccc2c1C(F)(F)F. The van der Waals surface area contributed by atoms with Crippen LogP contribution in [-0.2, 0) is 6.18 Å². The van der Waals surface area contributed by atoms with Crippen molar-refractivity contribution in [1.29, 1.82) is 0 Å². The fourth-order valence-corrected chi connectivity index (χ4v) is 2.19. The molecule has 0 heterocycles. The highest BCUT2D eigenvalue weighted by Crippen LogP contribution is 2.42. The van der Waals surface area contributed by atoms with Crippen LogP contribution in [0.25, 0.3) is 10.8 Å². The quantitative estimate of drug-likeness (QED) is 0.617. The molecule has 106 valence electrons. The Balaban J connectivity index is 2.90. The second-order valence-corrected chi connectivity index (χ2v) is 4.20. The molecule has 0 aliphatic heterocycles. The van der Waals surface area contributed by atoms with Crippen molar-refractivity contribution in [3.05, 3.63) is 45.5 Å². The van der Waals surface area contributed by atoms with E-state index in [1.54, 1.807) is 0 Å². The maximum atomic E-state index is 13.1. The largest absolute Gasteiger partial charge is 0.496 e. The smallest absolute Gasteiger partial charge is 0.420 e. The molecule has 4 nitrogen and oxygen atoms in total. The molecule has 0 radical (unpaired) electrons. The summed E-state index contributed by atoms with van der Waals surface area (Å²) in [7, 11) is 1.15. The molecule has 0 aliphatic rings. The second-order valence-electron chi connectivity index (χ2n) is 4.20. The van der Waals surface area contributed by atoms with Crippen LogP contribution in [0.2, 0.25) is 0 Å². The number of nitrogens with zero attached hydrogens (tertiary/aromatic N) is 1. The summed E-state index contributed by atoms with van der Waals surface area (Å²) in [6.07, 6.45) is -4.60. The standard InChI is InChI=1S/C13H10F3NO3/c1-7-8-4-6-11(20-2)12(13(14,15)16)9(8)3-5-10(7)17(18)19/h3-6H,1-2H3. The first-order chi connectivity index (χ1) is 9.27. The number of ether oxygens (including phenoxy) is 1. The first-order valence-electron chi connectivity index (χ1n) is 5.59. The van der Waals surface area contributed by atoms with Gasteiger partial charge in [-0.05, 0) is 29.8 Å². The normalized spacial score (nSPS) is 11.7. The van der Waals surface area contributed by atoms with Crippen LogP contribution >= 0.6 is 0 Å². The van der Waals surface area contributed by atoms with E-state index in [0.717, 1.165) is 19.2 Å². The molecule has 0 aliphatic carbocycles. The van der Waals surface area contributed by atoms with Crippen LogP contribution in [0.5, 0.6) is 5.75 Å². The highest BCUT2D eigenvalue weighted by atomic mass is 19.4. The van der Waals surface area contributed by atoms with Gasteiger partial charge in [0.05, 0.1) is 12.0 Å². The Morgan fingerprint density at radius 3 is 2.25 bits per heavy atom. The zero-order valence-electron chi connectivity index (χ0n) is 10.6. The van der Waals surface area contributed by atoms with Crippen molar-refractivity contribution in [2.75, 3.05) is 7.11 Å². The van der Waals surface area contributed by atoms with Crippen LogP contribution < -0.4 is 4.74 Å². The topological polar surface area (TPSA) is 52.4 Å². The number of benzene rings is 2. The molecule has 0 N–H and O–H groups in total. The van der Waals surface area contributed by atoms with E-state index < -0.39 is 16.7 Å². The van der Waals surface area contributed by atoms with E-state index in [-0.39, 0.29) is 27.8 Å². The third-order valence-electron chi connectivity index (χ3n) is 3.10. The van der Waals surface area contributed by atoms with Crippen molar-refractivity contribution >= 4 is 16.5 Å². The average Bonchev–Trinajstić information content (AvgIpc) is 2.36. The first-order valence-corrected chi connectivity index (χ1v) is 5.59. The lowest BCUT2D eigenvalue weighted by Gasteiger charge is -2.15. The lowest BCUT2D eigenvalue weighted by Crippen LogP contribution is -2.09. The number of halogens is 3. The van der Waals surface area contributed by atoms with Crippen molar-refractivity contribution in [2.24, 2.45) is 0 Å². The van der Waals surface area contributed by atoms with Crippen LogP contribution in [0.4, 0.5) is 18.9 Å². The highest BCUT2D eigenvalue weighted by Gasteiger charge is 2.37. The summed E-state index contributed by atoms with van der Waals surface area (Å²) >= 11 is 0. The number of hydrogen-bond acceptors (Lipinski definition) is 3. The predicted molar refractivity (Wildman–Crippen MR) is 66.9 cm³/mol. The number of methoxy groups -OCH3 is 1. The highest BCUT2D eigenvalue weighted by molar-refractivity contribution is 5.93. The van der Waals surface area contributed by atoms with Crippen LogP contribution in [0.3, 0.4) is 0 Å². The molecule has 7 heteroatoms. The fraction of sp³-hybridized carbons (Fsp3) is 0.231. The molecule has 2 aromatic rings. The van der Waals surface area contributed by atoms with E-state index in [9.17, 15) is 23.3 Å². The Bertz CT molecular complexity index is 695. The predicted octanol–water partition coefficient (Wildman–Crippen LogP) is 4.08. The van der Waals surface area contributed by atoms with E-state index >= 15 is 0 Å². The summed E-state index contributed by atoms with van der Waals surface area (Å²) in [6, 6.07) is 4.74. The van der Waals surface area contributed by atoms with Gasteiger partial charge in [0.15, 0.2) is 0 Å². The van der Waals surface area contributed by atoms with Crippen molar-refractivity contribution < 1.29 is 22.8 Å². The Morgan fingerprint density at radius 2 is 1.75 bits per heavy atom. The lowest BCUT2D eigenvalue weighted by atomic mass is 9.98. The van der Waals surface area contributed by atoms with Gasteiger partial charge in [0.1, 0.15) is 11.3 Å². The summed E-state index contributed by atoms with van der Waals surface area (Å²) in [6.45, 7) is 1.42. The maximum absolute atomic E-state index is 13.1. The molecule has 0 atom stereocenters. The van der Waals surface area contributed by atoms with Crippen molar-refractivity contribution in [2.45, 2.75) is 13.1 Å². The first kappa shape index (κ1) is 14.1. The van der Waals surface area contributed by atoms with E-state index in [0.29, 0.717) is 0 Å². The van der Waals surface area contributed by atoms with Crippen LogP contribution in [0, 0.1) is 17.0 Å². The van der Waals surface area contributed by atoms with Crippen LogP contribution in [-0.4, -0.2) is 12.0 Å². The van der Waals surface area contributed by atoms with Gasteiger partial charge in [-0.2, -0.15) is 13.2 Å². The Morgan fingerprint density at radius 1 is 1.15 bits per heavy atom. The Labute approximate surface area is 111 Å². The minimum Gasteiger partial charge on any atom is -0.496 e. The third kappa shape index (κ3) is 2.15. The number of rotatable bonds is 2. The van der Waals surface area contributed by atoms with E-state index in [1.807, 2.05) is 0 Å². The van der Waals surface area contributed by atoms with Gasteiger partial charge in [-0.25, -0.2) is 0 Å². The summed E-state index contributed by atoms with van der Waals surface area (Å²) in [4.78, 5) is 10.2. The zero-order valence-corrected chi connectivity index (χ0v) is 10.6. The van der Waals surface area contributed by atoms with Gasteiger partial charge in [-0.3, -0.25) is 10.1 Å². The summed E-state index contributed by atoms with van der Waals surface area (Å²) in [5, 5.41) is 10.9. The van der Waals surface area contributed by atoms with Crippen LogP contribution in [0.1, 0.15) is 11.1 Å². The van der Waals surface area contributed by atoms with Gasteiger partial charge in [0, 0.05) is 11.6 Å². The molecular weight excluding hydrogens is 275 g/mol. The molecule has 0 amide bonds.